The fraction of sp³-hybridized carbons (Fsp3) is 0.533. The maximum absolute atomic E-state index is 13.2. The number of benzene rings is 1. The SMILES string of the molecule is Cc1cc(F)cc(C(=O)NCC(N)CC(C)(C)C)c1. The number of rotatable bonds is 4. The van der Waals surface area contributed by atoms with Gasteiger partial charge in [-0.1, -0.05) is 20.8 Å². The first kappa shape index (κ1) is 15.6. The number of halogens is 1. The normalized spacial score (nSPS) is 13.2. The van der Waals surface area contributed by atoms with Crippen LogP contribution < -0.4 is 11.1 Å². The van der Waals surface area contributed by atoms with Crippen LogP contribution in [0.1, 0.15) is 43.1 Å². The van der Waals surface area contributed by atoms with E-state index in [9.17, 15) is 9.18 Å². The van der Waals surface area contributed by atoms with Gasteiger partial charge < -0.3 is 11.1 Å². The molecule has 0 aliphatic heterocycles. The Hall–Kier alpha value is -1.42. The quantitative estimate of drug-likeness (QED) is 0.880. The number of amides is 1. The number of carbonyl (C=O) groups excluding carboxylic acids is 1. The van der Waals surface area contributed by atoms with Crippen LogP contribution in [0, 0.1) is 18.2 Å². The molecule has 0 aliphatic carbocycles. The standard InChI is InChI=1S/C15H23FN2O/c1-10-5-11(7-12(16)6-10)14(19)18-9-13(17)8-15(2,3)4/h5-7,13H,8-9,17H2,1-4H3,(H,18,19). The van der Waals surface area contributed by atoms with Crippen LogP contribution in [0.2, 0.25) is 0 Å². The van der Waals surface area contributed by atoms with E-state index in [1.807, 2.05) is 0 Å². The second-order valence-corrected chi connectivity index (χ2v) is 6.25. The number of aryl methyl sites for hydroxylation is 1. The Balaban J connectivity index is 2.56. The fourth-order valence-corrected chi connectivity index (χ4v) is 2.05. The summed E-state index contributed by atoms with van der Waals surface area (Å²) in [6.07, 6.45) is 0.815. The summed E-state index contributed by atoms with van der Waals surface area (Å²) in [5, 5.41) is 2.75. The first-order valence-electron chi connectivity index (χ1n) is 6.48. The number of hydrogen-bond acceptors (Lipinski definition) is 2. The number of carbonyl (C=O) groups is 1. The zero-order chi connectivity index (χ0) is 14.6. The summed E-state index contributed by atoms with van der Waals surface area (Å²) in [6.45, 7) is 8.46. The van der Waals surface area contributed by atoms with Gasteiger partial charge in [0.15, 0.2) is 0 Å². The van der Waals surface area contributed by atoms with Gasteiger partial charge in [0, 0.05) is 18.2 Å². The zero-order valence-corrected chi connectivity index (χ0v) is 12.1. The van der Waals surface area contributed by atoms with Gasteiger partial charge in [-0.05, 0) is 42.5 Å². The monoisotopic (exact) mass is 266 g/mol. The average molecular weight is 266 g/mol. The molecule has 106 valence electrons. The van der Waals surface area contributed by atoms with Crippen LogP contribution in [-0.2, 0) is 0 Å². The van der Waals surface area contributed by atoms with Gasteiger partial charge in [-0.2, -0.15) is 0 Å². The van der Waals surface area contributed by atoms with E-state index in [0.29, 0.717) is 12.1 Å². The van der Waals surface area contributed by atoms with Crippen molar-refractivity contribution in [2.75, 3.05) is 6.54 Å². The minimum atomic E-state index is -0.399. The Morgan fingerprint density at radius 3 is 2.53 bits per heavy atom. The molecule has 3 nitrogen and oxygen atoms in total. The van der Waals surface area contributed by atoms with E-state index in [0.717, 1.165) is 12.0 Å². The summed E-state index contributed by atoms with van der Waals surface area (Å²) in [5.74, 6) is -0.684. The van der Waals surface area contributed by atoms with Crippen molar-refractivity contribution in [3.8, 4) is 0 Å². The third-order valence-electron chi connectivity index (χ3n) is 2.70. The topological polar surface area (TPSA) is 55.1 Å². The van der Waals surface area contributed by atoms with E-state index in [2.05, 4.69) is 26.1 Å². The van der Waals surface area contributed by atoms with Crippen molar-refractivity contribution in [2.24, 2.45) is 11.1 Å². The molecule has 0 spiro atoms. The van der Waals surface area contributed by atoms with Crippen LogP contribution >= 0.6 is 0 Å². The highest BCUT2D eigenvalue weighted by atomic mass is 19.1. The van der Waals surface area contributed by atoms with Crippen LogP contribution in [0.5, 0.6) is 0 Å². The molecule has 0 fully saturated rings. The molecule has 19 heavy (non-hydrogen) atoms. The molecule has 1 amide bonds. The molecule has 0 bridgehead atoms. The summed E-state index contributed by atoms with van der Waals surface area (Å²) in [7, 11) is 0. The second kappa shape index (κ2) is 6.15. The molecular weight excluding hydrogens is 243 g/mol. The lowest BCUT2D eigenvalue weighted by atomic mass is 9.88. The highest BCUT2D eigenvalue weighted by Gasteiger charge is 2.16. The largest absolute Gasteiger partial charge is 0.350 e. The molecule has 1 aromatic carbocycles. The van der Waals surface area contributed by atoms with E-state index in [1.165, 1.54) is 12.1 Å². The van der Waals surface area contributed by atoms with Gasteiger partial charge in [-0.25, -0.2) is 4.39 Å². The molecule has 3 N–H and O–H groups in total. The molecule has 0 aliphatic rings. The van der Waals surface area contributed by atoms with Crippen molar-refractivity contribution in [3.05, 3.63) is 35.1 Å². The Bertz CT molecular complexity index is 432. The van der Waals surface area contributed by atoms with Crippen LogP contribution in [0.25, 0.3) is 0 Å². The van der Waals surface area contributed by atoms with Crippen molar-refractivity contribution in [1.29, 1.82) is 0 Å². The highest BCUT2D eigenvalue weighted by Crippen LogP contribution is 2.19. The van der Waals surface area contributed by atoms with Crippen LogP contribution in [0.15, 0.2) is 18.2 Å². The summed E-state index contributed by atoms with van der Waals surface area (Å²) >= 11 is 0. The van der Waals surface area contributed by atoms with E-state index in [-0.39, 0.29) is 17.4 Å². The molecular formula is C15H23FN2O. The molecule has 0 aromatic heterocycles. The van der Waals surface area contributed by atoms with Gasteiger partial charge in [0.05, 0.1) is 0 Å². The van der Waals surface area contributed by atoms with Crippen molar-refractivity contribution in [2.45, 2.75) is 40.2 Å². The van der Waals surface area contributed by atoms with Crippen LogP contribution in [-0.4, -0.2) is 18.5 Å². The highest BCUT2D eigenvalue weighted by molar-refractivity contribution is 5.94. The van der Waals surface area contributed by atoms with E-state index >= 15 is 0 Å². The molecule has 1 rings (SSSR count). The maximum Gasteiger partial charge on any atom is 0.251 e. The van der Waals surface area contributed by atoms with E-state index in [4.69, 9.17) is 5.73 Å². The Morgan fingerprint density at radius 1 is 1.37 bits per heavy atom. The van der Waals surface area contributed by atoms with Gasteiger partial charge in [0.2, 0.25) is 0 Å². The predicted molar refractivity (Wildman–Crippen MR) is 75.5 cm³/mol. The first-order chi connectivity index (χ1) is 8.67. The summed E-state index contributed by atoms with van der Waals surface area (Å²) in [6, 6.07) is 4.19. The van der Waals surface area contributed by atoms with Crippen LogP contribution in [0.3, 0.4) is 0 Å². The maximum atomic E-state index is 13.2. The number of nitrogens with one attached hydrogen (secondary N) is 1. The van der Waals surface area contributed by atoms with Crippen molar-refractivity contribution < 1.29 is 9.18 Å². The zero-order valence-electron chi connectivity index (χ0n) is 12.1. The summed E-state index contributed by atoms with van der Waals surface area (Å²) in [5.41, 5.74) is 7.14. The van der Waals surface area contributed by atoms with Crippen molar-refractivity contribution in [3.63, 3.8) is 0 Å². The van der Waals surface area contributed by atoms with Gasteiger partial charge in [-0.15, -0.1) is 0 Å². The van der Waals surface area contributed by atoms with Gasteiger partial charge >= 0.3 is 0 Å². The van der Waals surface area contributed by atoms with Crippen molar-refractivity contribution >= 4 is 5.91 Å². The second-order valence-electron chi connectivity index (χ2n) is 6.25. The fourth-order valence-electron chi connectivity index (χ4n) is 2.05. The smallest absolute Gasteiger partial charge is 0.251 e. The Labute approximate surface area is 114 Å². The molecule has 0 saturated carbocycles. The minimum Gasteiger partial charge on any atom is -0.350 e. The molecule has 0 radical (unpaired) electrons. The van der Waals surface area contributed by atoms with Crippen LogP contribution in [0.4, 0.5) is 4.39 Å². The lowest BCUT2D eigenvalue weighted by Gasteiger charge is -2.23. The number of nitrogens with two attached hydrogens (primary N) is 1. The first-order valence-corrected chi connectivity index (χ1v) is 6.48. The minimum absolute atomic E-state index is 0.0985. The summed E-state index contributed by atoms with van der Waals surface area (Å²) < 4.78 is 13.2. The van der Waals surface area contributed by atoms with E-state index in [1.54, 1.807) is 13.0 Å². The Morgan fingerprint density at radius 2 is 2.00 bits per heavy atom. The third kappa shape index (κ3) is 5.83. The molecule has 4 heteroatoms. The van der Waals surface area contributed by atoms with Gasteiger partial charge in [0.25, 0.3) is 5.91 Å². The van der Waals surface area contributed by atoms with Gasteiger partial charge in [-0.3, -0.25) is 4.79 Å². The lowest BCUT2D eigenvalue weighted by molar-refractivity contribution is 0.0948. The molecule has 1 aromatic rings. The molecule has 0 heterocycles. The third-order valence-corrected chi connectivity index (χ3v) is 2.70. The van der Waals surface area contributed by atoms with E-state index < -0.39 is 5.82 Å². The predicted octanol–water partition coefficient (Wildman–Crippen LogP) is 2.63. The molecule has 1 unspecified atom stereocenters. The number of hydrogen-bond donors (Lipinski definition) is 2. The summed E-state index contributed by atoms with van der Waals surface area (Å²) in [4.78, 5) is 11.9. The molecule has 0 saturated heterocycles. The van der Waals surface area contributed by atoms with Crippen molar-refractivity contribution in [1.82, 2.24) is 5.32 Å². The average Bonchev–Trinajstić information content (AvgIpc) is 2.22. The lowest BCUT2D eigenvalue weighted by Crippen LogP contribution is -2.39. The van der Waals surface area contributed by atoms with Gasteiger partial charge in [0.1, 0.15) is 5.82 Å². The molecule has 1 atom stereocenters. The Kier molecular flexibility index (Phi) is 5.06.